The van der Waals surface area contributed by atoms with E-state index in [0.717, 1.165) is 16.5 Å². The third kappa shape index (κ3) is 4.42. The molecule has 4 rings (SSSR count). The van der Waals surface area contributed by atoms with E-state index in [0.29, 0.717) is 16.8 Å². The van der Waals surface area contributed by atoms with Gasteiger partial charge in [0.1, 0.15) is 10.7 Å². The van der Waals surface area contributed by atoms with Crippen LogP contribution in [0.25, 0.3) is 10.9 Å². The molecular formula is C24H23N3O4S. The number of carbonyl (C=O) groups excluding carboxylic acids is 1. The summed E-state index contributed by atoms with van der Waals surface area (Å²) in [6, 6.07) is 17.4. The summed E-state index contributed by atoms with van der Waals surface area (Å²) >= 11 is 0. The molecule has 0 saturated carbocycles. The van der Waals surface area contributed by atoms with Crippen molar-refractivity contribution in [3.8, 4) is 0 Å². The number of hydrogen-bond acceptors (Lipinski definition) is 5. The Morgan fingerprint density at radius 3 is 2.53 bits per heavy atom. The standard InChI is InChI=1S/C24H23N3O4S/c1-17-13-20-5-3-7-22(23(20)26-14-17)32(29,30)27(16-21-6-4-12-31-21)15-18-8-10-19(11-9-18)24(28)25-2/h3-14H,15-16H2,1-2H3,(H,25,28). The van der Waals surface area contributed by atoms with E-state index >= 15 is 0 Å². The van der Waals surface area contributed by atoms with Crippen LogP contribution in [0.2, 0.25) is 0 Å². The second-order valence-electron chi connectivity index (χ2n) is 7.47. The smallest absolute Gasteiger partial charge is 0.251 e. The largest absolute Gasteiger partial charge is 0.468 e. The summed E-state index contributed by atoms with van der Waals surface area (Å²) in [5, 5.41) is 3.34. The number of carbonyl (C=O) groups is 1. The van der Waals surface area contributed by atoms with Crippen molar-refractivity contribution in [1.29, 1.82) is 0 Å². The molecule has 1 amide bonds. The highest BCUT2D eigenvalue weighted by atomic mass is 32.2. The van der Waals surface area contributed by atoms with Crippen LogP contribution in [-0.4, -0.2) is 30.7 Å². The van der Waals surface area contributed by atoms with Crippen LogP contribution in [0.15, 0.2) is 82.4 Å². The predicted octanol–water partition coefficient (Wildman–Crippen LogP) is 3.89. The topological polar surface area (TPSA) is 92.5 Å². The van der Waals surface area contributed by atoms with Crippen molar-refractivity contribution in [1.82, 2.24) is 14.6 Å². The van der Waals surface area contributed by atoms with E-state index in [4.69, 9.17) is 4.42 Å². The number of amides is 1. The molecule has 2 heterocycles. The Kier molecular flexibility index (Phi) is 6.07. The summed E-state index contributed by atoms with van der Waals surface area (Å²) < 4.78 is 34.3. The van der Waals surface area contributed by atoms with Gasteiger partial charge in [-0.15, -0.1) is 0 Å². The molecule has 0 aliphatic carbocycles. The molecule has 0 saturated heterocycles. The van der Waals surface area contributed by atoms with Crippen molar-refractivity contribution in [2.75, 3.05) is 7.05 Å². The lowest BCUT2D eigenvalue weighted by atomic mass is 10.1. The molecule has 7 nitrogen and oxygen atoms in total. The van der Waals surface area contributed by atoms with Gasteiger partial charge in [-0.05, 0) is 54.4 Å². The lowest BCUT2D eigenvalue weighted by Gasteiger charge is -2.22. The molecule has 0 fully saturated rings. The minimum atomic E-state index is -3.91. The van der Waals surface area contributed by atoms with Gasteiger partial charge >= 0.3 is 0 Å². The summed E-state index contributed by atoms with van der Waals surface area (Å²) in [5.41, 5.74) is 2.63. The number of sulfonamides is 1. The number of nitrogens with one attached hydrogen (secondary N) is 1. The van der Waals surface area contributed by atoms with Gasteiger partial charge in [0.05, 0.1) is 18.3 Å². The average Bonchev–Trinajstić information content (AvgIpc) is 3.31. The van der Waals surface area contributed by atoms with Gasteiger partial charge in [-0.3, -0.25) is 9.78 Å². The van der Waals surface area contributed by atoms with E-state index in [-0.39, 0.29) is 23.9 Å². The van der Waals surface area contributed by atoms with Gasteiger partial charge < -0.3 is 9.73 Å². The number of pyridine rings is 1. The fraction of sp³-hybridized carbons (Fsp3) is 0.167. The van der Waals surface area contributed by atoms with Crippen molar-refractivity contribution in [3.05, 3.63) is 95.6 Å². The molecule has 164 valence electrons. The summed E-state index contributed by atoms with van der Waals surface area (Å²) in [5.74, 6) is 0.327. The Bertz CT molecular complexity index is 1350. The number of furan rings is 1. The van der Waals surface area contributed by atoms with Crippen LogP contribution in [0, 0.1) is 6.92 Å². The summed E-state index contributed by atoms with van der Waals surface area (Å²) in [6.45, 7) is 2.09. The Morgan fingerprint density at radius 2 is 1.84 bits per heavy atom. The molecule has 0 bridgehead atoms. The maximum absolute atomic E-state index is 13.8. The number of benzene rings is 2. The lowest BCUT2D eigenvalue weighted by molar-refractivity contribution is 0.0963. The van der Waals surface area contributed by atoms with Gasteiger partial charge in [0.25, 0.3) is 5.91 Å². The minimum Gasteiger partial charge on any atom is -0.468 e. The minimum absolute atomic E-state index is 0.0643. The zero-order valence-corrected chi connectivity index (χ0v) is 18.6. The van der Waals surface area contributed by atoms with Crippen LogP contribution >= 0.6 is 0 Å². The molecule has 2 aromatic carbocycles. The first-order chi connectivity index (χ1) is 15.4. The third-order valence-corrected chi connectivity index (χ3v) is 6.97. The number of aromatic nitrogens is 1. The van der Waals surface area contributed by atoms with Crippen molar-refractivity contribution in [2.45, 2.75) is 24.9 Å². The number of para-hydroxylation sites is 1. The number of rotatable bonds is 7. The predicted molar refractivity (Wildman–Crippen MR) is 121 cm³/mol. The fourth-order valence-electron chi connectivity index (χ4n) is 3.50. The molecular weight excluding hydrogens is 426 g/mol. The molecule has 32 heavy (non-hydrogen) atoms. The van der Waals surface area contributed by atoms with E-state index in [1.807, 2.05) is 19.1 Å². The fourth-order valence-corrected chi connectivity index (χ4v) is 5.06. The Morgan fingerprint density at radius 1 is 1.06 bits per heavy atom. The normalized spacial score (nSPS) is 11.7. The van der Waals surface area contributed by atoms with Gasteiger partial charge in [0.2, 0.25) is 10.0 Å². The molecule has 0 aliphatic heterocycles. The zero-order chi connectivity index (χ0) is 22.7. The highest BCUT2D eigenvalue weighted by Crippen LogP contribution is 2.27. The van der Waals surface area contributed by atoms with Gasteiger partial charge in [0.15, 0.2) is 0 Å². The molecule has 4 aromatic rings. The van der Waals surface area contributed by atoms with Crippen molar-refractivity contribution in [3.63, 3.8) is 0 Å². The first kappa shape index (κ1) is 21.7. The third-order valence-electron chi connectivity index (χ3n) is 5.14. The molecule has 8 heteroatoms. The van der Waals surface area contributed by atoms with Gasteiger partial charge in [-0.2, -0.15) is 4.31 Å². The summed E-state index contributed by atoms with van der Waals surface area (Å²) in [7, 11) is -2.35. The van der Waals surface area contributed by atoms with Crippen LogP contribution < -0.4 is 5.32 Å². The number of hydrogen-bond donors (Lipinski definition) is 1. The Balaban J connectivity index is 1.74. The number of nitrogens with zero attached hydrogens (tertiary/aromatic N) is 2. The number of fused-ring (bicyclic) bond motifs is 1. The van der Waals surface area contributed by atoms with E-state index in [2.05, 4.69) is 10.3 Å². The van der Waals surface area contributed by atoms with Crippen molar-refractivity contribution >= 4 is 26.8 Å². The average molecular weight is 450 g/mol. The Hall–Kier alpha value is -3.49. The first-order valence-electron chi connectivity index (χ1n) is 10.1. The first-order valence-corrected chi connectivity index (χ1v) is 11.5. The van der Waals surface area contributed by atoms with Gasteiger partial charge in [0, 0.05) is 30.7 Å². The number of aryl methyl sites for hydroxylation is 1. The summed E-state index contributed by atoms with van der Waals surface area (Å²) in [4.78, 5) is 16.4. The maximum Gasteiger partial charge on any atom is 0.251 e. The molecule has 0 radical (unpaired) electrons. The van der Waals surface area contributed by atoms with E-state index in [1.165, 1.54) is 10.6 Å². The molecule has 0 unspecified atom stereocenters. The van der Waals surface area contributed by atoms with Crippen LogP contribution in [0.5, 0.6) is 0 Å². The lowest BCUT2D eigenvalue weighted by Crippen LogP contribution is -2.30. The van der Waals surface area contributed by atoms with E-state index in [9.17, 15) is 13.2 Å². The highest BCUT2D eigenvalue weighted by molar-refractivity contribution is 7.89. The van der Waals surface area contributed by atoms with E-state index < -0.39 is 10.0 Å². The monoisotopic (exact) mass is 449 g/mol. The molecule has 1 N–H and O–H groups in total. The van der Waals surface area contributed by atoms with Crippen LogP contribution in [-0.2, 0) is 23.1 Å². The second-order valence-corrected chi connectivity index (χ2v) is 9.38. The van der Waals surface area contributed by atoms with Crippen LogP contribution in [0.4, 0.5) is 0 Å². The second kappa shape index (κ2) is 8.94. The van der Waals surface area contributed by atoms with Gasteiger partial charge in [-0.25, -0.2) is 8.42 Å². The summed E-state index contributed by atoms with van der Waals surface area (Å²) in [6.07, 6.45) is 3.18. The molecule has 0 spiro atoms. The zero-order valence-electron chi connectivity index (χ0n) is 17.8. The highest BCUT2D eigenvalue weighted by Gasteiger charge is 2.28. The van der Waals surface area contributed by atoms with Crippen LogP contribution in [0.1, 0.15) is 27.2 Å². The quantitative estimate of drug-likeness (QED) is 0.462. The maximum atomic E-state index is 13.8. The van der Waals surface area contributed by atoms with Crippen molar-refractivity contribution < 1.29 is 17.6 Å². The Labute approximate surface area is 186 Å². The molecule has 0 atom stereocenters. The van der Waals surface area contributed by atoms with Gasteiger partial charge in [-0.1, -0.05) is 24.3 Å². The molecule has 2 aromatic heterocycles. The van der Waals surface area contributed by atoms with E-state index in [1.54, 1.807) is 61.8 Å². The molecule has 0 aliphatic rings. The van der Waals surface area contributed by atoms with Crippen molar-refractivity contribution in [2.24, 2.45) is 0 Å². The SMILES string of the molecule is CNC(=O)c1ccc(CN(Cc2ccco2)S(=O)(=O)c2cccc3cc(C)cnc23)cc1. The van der Waals surface area contributed by atoms with Crippen LogP contribution in [0.3, 0.4) is 0 Å².